The Labute approximate surface area is 181 Å². The molecule has 0 aliphatic carbocycles. The van der Waals surface area contributed by atoms with Crippen molar-refractivity contribution in [3.05, 3.63) is 43.0 Å². The number of fused-ring (bicyclic) bond motifs is 1. The summed E-state index contributed by atoms with van der Waals surface area (Å²) in [6, 6.07) is 6.53. The molecular formula is C22H27N7S. The van der Waals surface area contributed by atoms with Crippen molar-refractivity contribution in [2.24, 2.45) is 5.41 Å². The Hall–Kier alpha value is -2.29. The molecule has 0 bridgehead atoms. The topological polar surface area (TPSA) is 78.9 Å². The lowest BCUT2D eigenvalue weighted by molar-refractivity contribution is 0.242. The van der Waals surface area contributed by atoms with Crippen molar-refractivity contribution < 1.29 is 0 Å². The van der Waals surface area contributed by atoms with Crippen LogP contribution in [0.15, 0.2) is 43.0 Å². The number of nitrogens with zero attached hydrogens (tertiary/aromatic N) is 5. The standard InChI is InChI=1S/C22H27N7S/c1-30-26-13-17-12-22(15-25-17)5-10-29(11-6-22)21-18-4-9-24-14-19(18)27-20(28-21)16-2-7-23-8-3-16/h2-4,7-9,14,17,25-26H,5-6,10-13,15H2,1H3. The monoisotopic (exact) mass is 421 g/mol. The lowest BCUT2D eigenvalue weighted by Crippen LogP contribution is -2.41. The number of piperidine rings is 1. The van der Waals surface area contributed by atoms with E-state index in [4.69, 9.17) is 9.97 Å². The SMILES string of the molecule is CSNCC1CC2(CCN(c3nc(-c4ccncc4)nc4cnccc34)CC2)CN1. The second-order valence-electron chi connectivity index (χ2n) is 8.32. The van der Waals surface area contributed by atoms with E-state index >= 15 is 0 Å². The van der Waals surface area contributed by atoms with Gasteiger partial charge in [-0.3, -0.25) is 14.7 Å². The molecule has 3 aromatic heterocycles. The molecule has 8 heteroatoms. The summed E-state index contributed by atoms with van der Waals surface area (Å²) in [4.78, 5) is 20.6. The first-order chi connectivity index (χ1) is 14.8. The summed E-state index contributed by atoms with van der Waals surface area (Å²) < 4.78 is 3.41. The van der Waals surface area contributed by atoms with Gasteiger partial charge in [0.2, 0.25) is 0 Å². The molecule has 1 unspecified atom stereocenters. The first-order valence-electron chi connectivity index (χ1n) is 10.5. The van der Waals surface area contributed by atoms with Crippen LogP contribution in [-0.4, -0.2) is 58.4 Å². The Morgan fingerprint density at radius 3 is 2.73 bits per heavy atom. The number of hydrogen-bond donors (Lipinski definition) is 2. The van der Waals surface area contributed by atoms with Gasteiger partial charge in [0.15, 0.2) is 5.82 Å². The highest BCUT2D eigenvalue weighted by molar-refractivity contribution is 7.96. The summed E-state index contributed by atoms with van der Waals surface area (Å²) in [5, 5.41) is 4.81. The normalized spacial score (nSPS) is 20.8. The molecule has 30 heavy (non-hydrogen) atoms. The van der Waals surface area contributed by atoms with Crippen LogP contribution in [0.5, 0.6) is 0 Å². The fraction of sp³-hybridized carbons (Fsp3) is 0.455. The van der Waals surface area contributed by atoms with Gasteiger partial charge >= 0.3 is 0 Å². The van der Waals surface area contributed by atoms with Gasteiger partial charge in [0.1, 0.15) is 5.82 Å². The minimum absolute atomic E-state index is 0.416. The third-order valence-electron chi connectivity index (χ3n) is 6.46. The Balaban J connectivity index is 1.39. The van der Waals surface area contributed by atoms with Crippen LogP contribution in [0.25, 0.3) is 22.3 Å². The molecule has 0 aromatic carbocycles. The molecule has 0 radical (unpaired) electrons. The summed E-state index contributed by atoms with van der Waals surface area (Å²) in [5.41, 5.74) is 2.29. The van der Waals surface area contributed by atoms with Gasteiger partial charge in [-0.15, -0.1) is 0 Å². The molecule has 5 rings (SSSR count). The number of anilines is 1. The summed E-state index contributed by atoms with van der Waals surface area (Å²) in [6.07, 6.45) is 13.0. The second kappa shape index (κ2) is 8.45. The van der Waals surface area contributed by atoms with Crippen molar-refractivity contribution in [3.63, 3.8) is 0 Å². The van der Waals surface area contributed by atoms with Crippen LogP contribution in [0.3, 0.4) is 0 Å². The van der Waals surface area contributed by atoms with Crippen LogP contribution >= 0.6 is 11.9 Å². The van der Waals surface area contributed by atoms with E-state index in [0.717, 1.165) is 54.3 Å². The van der Waals surface area contributed by atoms with Crippen molar-refractivity contribution in [2.45, 2.75) is 25.3 Å². The largest absolute Gasteiger partial charge is 0.356 e. The molecule has 5 heterocycles. The molecule has 2 aliphatic heterocycles. The molecule has 7 nitrogen and oxygen atoms in total. The average molecular weight is 422 g/mol. The van der Waals surface area contributed by atoms with Crippen LogP contribution in [0.1, 0.15) is 19.3 Å². The summed E-state index contributed by atoms with van der Waals surface area (Å²) in [7, 11) is 0. The molecule has 2 aliphatic rings. The maximum Gasteiger partial charge on any atom is 0.162 e. The van der Waals surface area contributed by atoms with Crippen molar-refractivity contribution in [1.29, 1.82) is 0 Å². The zero-order valence-corrected chi connectivity index (χ0v) is 18.0. The van der Waals surface area contributed by atoms with E-state index in [9.17, 15) is 0 Å². The molecule has 1 spiro atoms. The van der Waals surface area contributed by atoms with Crippen LogP contribution in [-0.2, 0) is 0 Å². The fourth-order valence-electron chi connectivity index (χ4n) is 4.76. The predicted octanol–water partition coefficient (Wildman–Crippen LogP) is 2.90. The minimum atomic E-state index is 0.416. The number of aromatic nitrogens is 4. The van der Waals surface area contributed by atoms with Gasteiger partial charge < -0.3 is 10.2 Å². The fourth-order valence-corrected chi connectivity index (χ4v) is 5.13. The van der Waals surface area contributed by atoms with Crippen molar-refractivity contribution in [1.82, 2.24) is 30.0 Å². The van der Waals surface area contributed by atoms with Crippen LogP contribution in [0.2, 0.25) is 0 Å². The molecule has 3 aromatic rings. The zero-order valence-electron chi connectivity index (χ0n) is 17.2. The van der Waals surface area contributed by atoms with Crippen molar-refractivity contribution in [2.75, 3.05) is 37.3 Å². The number of hydrogen-bond acceptors (Lipinski definition) is 8. The molecule has 2 fully saturated rings. The van der Waals surface area contributed by atoms with Gasteiger partial charge in [-0.05, 0) is 49.1 Å². The lowest BCUT2D eigenvalue weighted by Gasteiger charge is -2.40. The van der Waals surface area contributed by atoms with Gasteiger partial charge in [0.25, 0.3) is 0 Å². The summed E-state index contributed by atoms with van der Waals surface area (Å²) in [6.45, 7) is 4.20. The third-order valence-corrected chi connectivity index (χ3v) is 6.92. The van der Waals surface area contributed by atoms with E-state index in [1.807, 2.05) is 30.6 Å². The van der Waals surface area contributed by atoms with E-state index in [-0.39, 0.29) is 0 Å². The summed E-state index contributed by atoms with van der Waals surface area (Å²) in [5.74, 6) is 1.76. The molecular weight excluding hydrogens is 394 g/mol. The molecule has 1 atom stereocenters. The number of rotatable bonds is 5. The molecule has 2 saturated heterocycles. The summed E-state index contributed by atoms with van der Waals surface area (Å²) >= 11 is 1.70. The molecule has 0 amide bonds. The quantitative estimate of drug-likeness (QED) is 0.609. The Morgan fingerprint density at radius 1 is 1.13 bits per heavy atom. The third kappa shape index (κ3) is 3.87. The first-order valence-corrected chi connectivity index (χ1v) is 11.8. The van der Waals surface area contributed by atoms with E-state index in [1.54, 1.807) is 24.3 Å². The maximum absolute atomic E-state index is 5.00. The van der Waals surface area contributed by atoms with Gasteiger partial charge in [0.05, 0.1) is 11.7 Å². The Morgan fingerprint density at radius 2 is 1.93 bits per heavy atom. The van der Waals surface area contributed by atoms with Gasteiger partial charge in [-0.2, -0.15) is 0 Å². The van der Waals surface area contributed by atoms with E-state index in [0.29, 0.717) is 11.5 Å². The molecule has 156 valence electrons. The van der Waals surface area contributed by atoms with E-state index < -0.39 is 0 Å². The number of pyridine rings is 2. The van der Waals surface area contributed by atoms with Gasteiger partial charge in [-0.25, -0.2) is 9.97 Å². The van der Waals surface area contributed by atoms with Crippen LogP contribution < -0.4 is 14.9 Å². The first kappa shape index (κ1) is 19.7. The zero-order chi connectivity index (χ0) is 20.4. The van der Waals surface area contributed by atoms with E-state index in [1.165, 1.54) is 19.3 Å². The smallest absolute Gasteiger partial charge is 0.162 e. The van der Waals surface area contributed by atoms with Gasteiger partial charge in [-0.1, -0.05) is 11.9 Å². The van der Waals surface area contributed by atoms with Crippen molar-refractivity contribution >= 4 is 28.7 Å². The van der Waals surface area contributed by atoms with Gasteiger partial charge in [0, 0.05) is 61.8 Å². The lowest BCUT2D eigenvalue weighted by atomic mass is 9.76. The Kier molecular flexibility index (Phi) is 5.54. The predicted molar refractivity (Wildman–Crippen MR) is 122 cm³/mol. The highest BCUT2D eigenvalue weighted by Crippen LogP contribution is 2.41. The molecule has 2 N–H and O–H groups in total. The highest BCUT2D eigenvalue weighted by atomic mass is 32.2. The molecule has 0 saturated carbocycles. The minimum Gasteiger partial charge on any atom is -0.356 e. The van der Waals surface area contributed by atoms with Crippen LogP contribution in [0.4, 0.5) is 5.82 Å². The second-order valence-corrected chi connectivity index (χ2v) is 9.02. The van der Waals surface area contributed by atoms with Crippen molar-refractivity contribution in [3.8, 4) is 11.4 Å². The average Bonchev–Trinajstić information content (AvgIpc) is 3.20. The van der Waals surface area contributed by atoms with Crippen LogP contribution in [0, 0.1) is 5.41 Å². The highest BCUT2D eigenvalue weighted by Gasteiger charge is 2.41. The number of nitrogens with one attached hydrogen (secondary N) is 2. The van der Waals surface area contributed by atoms with E-state index in [2.05, 4.69) is 31.2 Å². The maximum atomic E-state index is 5.00. The Bertz CT molecular complexity index is 1000.